The zero-order chi connectivity index (χ0) is 37.7. The number of hydrogen-bond donors (Lipinski definition) is 2. The molecule has 1 aliphatic heterocycles. The van der Waals surface area contributed by atoms with Crippen molar-refractivity contribution in [2.45, 2.75) is 132 Å². The molecule has 1 heterocycles. The summed E-state index contributed by atoms with van der Waals surface area (Å²) in [5.74, 6) is -0.806. The number of carbonyl (C=O) groups is 2. The fraction of sp³-hybridized carbons (Fsp3) is 0.659. The van der Waals surface area contributed by atoms with Crippen molar-refractivity contribution in [1.82, 2.24) is 10.2 Å². The molecule has 0 aromatic heterocycles. The van der Waals surface area contributed by atoms with Crippen molar-refractivity contribution in [3.8, 4) is 11.1 Å². The van der Waals surface area contributed by atoms with E-state index in [2.05, 4.69) is 31.0 Å². The van der Waals surface area contributed by atoms with Crippen LogP contribution >= 0.6 is 0 Å². The smallest absolute Gasteiger partial charge is 0.326 e. The number of carboxylic acids is 1. The Bertz CT molecular complexity index is 1370. The molecule has 284 valence electrons. The second-order valence-corrected chi connectivity index (χ2v) is 15.6. The third kappa shape index (κ3) is 15.6. The molecule has 2 N–H and O–H groups in total. The fourth-order valence-corrected chi connectivity index (χ4v) is 7.19. The molecule has 4 rings (SSSR count). The number of likely N-dealkylation sites (tertiary alicyclic amines) is 1. The van der Waals surface area contributed by atoms with Crippen molar-refractivity contribution in [2.24, 2.45) is 11.8 Å². The standard InChI is InChI=1S/C34H48N2O6S.C3H8.2C2H6/c1-4-25-18-28(23-42-22-26-11-6-5-7-12-26)36(20-25)21-27-14-15-30(31(19-27)29-13-9-8-10-24(29)2)33(37)35-32(34(38)39)16-17-43(3,40)41;1-3-2;2*1-2/h8-10,13-15,19,25-26,28,32H,4-7,11-12,16-18,20-23H2,1-3H3,(H,35,37)(H,38,39);3H2,1-2H3;2*1-2H3. The van der Waals surface area contributed by atoms with Crippen molar-refractivity contribution in [3.05, 3.63) is 59.2 Å². The number of aliphatic carboxylic acids is 1. The molecule has 0 radical (unpaired) electrons. The average molecular weight is 717 g/mol. The van der Waals surface area contributed by atoms with Crippen molar-refractivity contribution in [3.63, 3.8) is 0 Å². The Hall–Kier alpha value is -2.75. The van der Waals surface area contributed by atoms with Gasteiger partial charge in [-0.3, -0.25) is 9.69 Å². The third-order valence-corrected chi connectivity index (χ3v) is 10.1. The first-order valence-corrected chi connectivity index (χ1v) is 21.2. The van der Waals surface area contributed by atoms with Crippen molar-refractivity contribution < 1.29 is 27.9 Å². The van der Waals surface area contributed by atoms with Crippen LogP contribution in [0.25, 0.3) is 11.1 Å². The molecule has 9 heteroatoms. The summed E-state index contributed by atoms with van der Waals surface area (Å²) in [6, 6.07) is 12.6. The van der Waals surface area contributed by atoms with E-state index in [1.54, 1.807) is 6.07 Å². The Kier molecular flexibility index (Phi) is 22.1. The molecule has 1 saturated carbocycles. The number of rotatable bonds is 14. The van der Waals surface area contributed by atoms with Gasteiger partial charge in [0.1, 0.15) is 15.9 Å². The predicted octanol–water partition coefficient (Wildman–Crippen LogP) is 8.95. The summed E-state index contributed by atoms with van der Waals surface area (Å²) in [7, 11) is -3.38. The van der Waals surface area contributed by atoms with Gasteiger partial charge in [-0.2, -0.15) is 0 Å². The van der Waals surface area contributed by atoms with Crippen LogP contribution in [0.3, 0.4) is 0 Å². The number of nitrogens with one attached hydrogen (secondary N) is 1. The Balaban J connectivity index is 0.00000166. The Morgan fingerprint density at radius 2 is 1.58 bits per heavy atom. The molecular weight excluding hydrogens is 649 g/mol. The van der Waals surface area contributed by atoms with Gasteiger partial charge in [-0.05, 0) is 78.8 Å². The first kappa shape index (κ1) is 45.3. The van der Waals surface area contributed by atoms with Crippen LogP contribution in [0, 0.1) is 18.8 Å². The van der Waals surface area contributed by atoms with Gasteiger partial charge < -0.3 is 15.2 Å². The van der Waals surface area contributed by atoms with Crippen molar-refractivity contribution in [2.75, 3.05) is 31.8 Å². The maximum absolute atomic E-state index is 13.5. The maximum atomic E-state index is 13.5. The van der Waals surface area contributed by atoms with Gasteiger partial charge in [-0.25, -0.2) is 13.2 Å². The lowest BCUT2D eigenvalue weighted by Gasteiger charge is -2.27. The lowest BCUT2D eigenvalue weighted by atomic mass is 9.90. The van der Waals surface area contributed by atoms with Crippen molar-refractivity contribution >= 4 is 21.7 Å². The van der Waals surface area contributed by atoms with Gasteiger partial charge in [0.05, 0.1) is 12.4 Å². The van der Waals surface area contributed by atoms with E-state index in [0.29, 0.717) is 23.4 Å². The highest BCUT2D eigenvalue weighted by Gasteiger charge is 2.32. The van der Waals surface area contributed by atoms with Crippen LogP contribution in [0.2, 0.25) is 0 Å². The molecule has 2 fully saturated rings. The molecular formula is C41H68N2O6S. The van der Waals surface area contributed by atoms with Crippen LogP contribution in [-0.4, -0.2) is 74.2 Å². The summed E-state index contributed by atoms with van der Waals surface area (Å²) in [5.41, 5.74) is 4.08. The van der Waals surface area contributed by atoms with Gasteiger partial charge >= 0.3 is 5.97 Å². The molecule has 2 aromatic rings. The summed E-state index contributed by atoms with van der Waals surface area (Å²) < 4.78 is 29.6. The van der Waals surface area contributed by atoms with E-state index in [1.807, 2.05) is 71.0 Å². The first-order chi connectivity index (χ1) is 23.9. The number of ether oxygens (including phenoxy) is 1. The summed E-state index contributed by atoms with van der Waals surface area (Å²) in [5, 5.41) is 12.2. The molecule has 1 aliphatic carbocycles. The minimum atomic E-state index is -3.38. The largest absolute Gasteiger partial charge is 0.480 e. The van der Waals surface area contributed by atoms with E-state index in [0.717, 1.165) is 67.7 Å². The van der Waals surface area contributed by atoms with Gasteiger partial charge in [-0.15, -0.1) is 0 Å². The maximum Gasteiger partial charge on any atom is 0.326 e. The number of amides is 1. The Labute approximate surface area is 304 Å². The minimum Gasteiger partial charge on any atom is -0.480 e. The summed E-state index contributed by atoms with van der Waals surface area (Å²) in [6.07, 6.45) is 10.9. The molecule has 0 bridgehead atoms. The molecule has 50 heavy (non-hydrogen) atoms. The van der Waals surface area contributed by atoms with E-state index in [1.165, 1.54) is 38.5 Å². The normalized spacial score (nSPS) is 18.3. The number of nitrogens with zero attached hydrogens (tertiary/aromatic N) is 1. The number of carbonyl (C=O) groups excluding carboxylic acids is 1. The monoisotopic (exact) mass is 716 g/mol. The number of benzene rings is 2. The number of hydrogen-bond acceptors (Lipinski definition) is 6. The molecule has 3 unspecified atom stereocenters. The molecule has 1 amide bonds. The van der Waals surface area contributed by atoms with Crippen LogP contribution in [0.4, 0.5) is 0 Å². The molecule has 3 atom stereocenters. The summed E-state index contributed by atoms with van der Waals surface area (Å²) in [4.78, 5) is 27.8. The van der Waals surface area contributed by atoms with Crippen LogP contribution < -0.4 is 5.32 Å². The second-order valence-electron chi connectivity index (χ2n) is 13.3. The second kappa shape index (κ2) is 24.4. The molecule has 2 aliphatic rings. The highest BCUT2D eigenvalue weighted by atomic mass is 32.2. The van der Waals surface area contributed by atoms with E-state index in [-0.39, 0.29) is 12.2 Å². The van der Waals surface area contributed by atoms with Crippen LogP contribution in [-0.2, 0) is 25.9 Å². The molecule has 0 spiro atoms. The van der Waals surface area contributed by atoms with Gasteiger partial charge in [-0.1, -0.05) is 111 Å². The van der Waals surface area contributed by atoms with Crippen LogP contribution in [0.5, 0.6) is 0 Å². The third-order valence-electron chi connectivity index (χ3n) is 9.11. The average Bonchev–Trinajstić information content (AvgIpc) is 3.50. The highest BCUT2D eigenvalue weighted by Crippen LogP contribution is 2.32. The van der Waals surface area contributed by atoms with E-state index < -0.39 is 27.8 Å². The number of aryl methyl sites for hydroxylation is 1. The first-order valence-electron chi connectivity index (χ1n) is 19.2. The predicted molar refractivity (Wildman–Crippen MR) is 208 cm³/mol. The van der Waals surface area contributed by atoms with Crippen LogP contribution in [0.1, 0.15) is 128 Å². The highest BCUT2D eigenvalue weighted by molar-refractivity contribution is 7.90. The molecule has 1 saturated heterocycles. The number of sulfone groups is 1. The van der Waals surface area contributed by atoms with E-state index in [9.17, 15) is 23.1 Å². The Morgan fingerprint density at radius 3 is 2.16 bits per heavy atom. The molecule has 8 nitrogen and oxygen atoms in total. The van der Waals surface area contributed by atoms with Crippen LogP contribution in [0.15, 0.2) is 42.5 Å². The van der Waals surface area contributed by atoms with Gasteiger partial charge in [0, 0.05) is 37.6 Å². The molecule has 2 aromatic carbocycles. The summed E-state index contributed by atoms with van der Waals surface area (Å²) in [6.45, 7) is 19.8. The van der Waals surface area contributed by atoms with Gasteiger partial charge in [0.2, 0.25) is 0 Å². The summed E-state index contributed by atoms with van der Waals surface area (Å²) >= 11 is 0. The lowest BCUT2D eigenvalue weighted by Crippen LogP contribution is -2.42. The van der Waals surface area contributed by atoms with Gasteiger partial charge in [0.15, 0.2) is 0 Å². The topological polar surface area (TPSA) is 113 Å². The van der Waals surface area contributed by atoms with Crippen molar-refractivity contribution in [1.29, 1.82) is 0 Å². The van der Waals surface area contributed by atoms with E-state index in [4.69, 9.17) is 4.74 Å². The van der Waals surface area contributed by atoms with Gasteiger partial charge in [0.25, 0.3) is 5.91 Å². The van der Waals surface area contributed by atoms with E-state index >= 15 is 0 Å². The minimum absolute atomic E-state index is 0.199. The SMILES string of the molecule is CC.CC.CCC.CCC1CC(COCC2CCCCC2)N(Cc2ccc(C(=O)NC(CCS(C)(=O)=O)C(=O)O)c(-c3ccccc3C)c2)C1. The quantitative estimate of drug-likeness (QED) is 0.201. The fourth-order valence-electron chi connectivity index (χ4n) is 6.52. The zero-order valence-corrected chi connectivity index (χ0v) is 33.4. The zero-order valence-electron chi connectivity index (χ0n) is 32.6. The lowest BCUT2D eigenvalue weighted by molar-refractivity contribution is -0.139. The Morgan fingerprint density at radius 1 is 0.940 bits per heavy atom. The number of carboxylic acid groups (broad SMARTS) is 1.